The van der Waals surface area contributed by atoms with Crippen LogP contribution in [0.3, 0.4) is 0 Å². The number of nitrogens with zero attached hydrogens (tertiary/aromatic N) is 3. The molecule has 0 bridgehead atoms. The lowest BCUT2D eigenvalue weighted by Crippen LogP contribution is -2.00. The van der Waals surface area contributed by atoms with Gasteiger partial charge in [-0.2, -0.15) is 5.26 Å². The van der Waals surface area contributed by atoms with E-state index in [0.29, 0.717) is 46.3 Å². The SMILES string of the molecule is COc1cnc2ccc(Nc3ccc(OCc4ccccc4)c(OC)c3)c(C#N)c2n1. The van der Waals surface area contributed by atoms with Gasteiger partial charge >= 0.3 is 0 Å². The maximum atomic E-state index is 9.74. The Balaban J connectivity index is 1.60. The molecule has 4 aromatic rings. The largest absolute Gasteiger partial charge is 0.493 e. The molecule has 0 saturated heterocycles. The van der Waals surface area contributed by atoms with E-state index in [1.54, 1.807) is 19.2 Å². The van der Waals surface area contributed by atoms with Crippen molar-refractivity contribution in [1.29, 1.82) is 5.26 Å². The van der Waals surface area contributed by atoms with Crippen molar-refractivity contribution in [3.05, 3.63) is 78.0 Å². The molecule has 1 aromatic heterocycles. The standard InChI is InChI=1S/C24H20N4O3/c1-29-22-12-17(8-11-21(22)31-15-16-6-4-3-5-7-16)27-19-9-10-20-24(18(19)13-25)28-23(30-2)14-26-20/h3-12,14,27H,15H2,1-2H3. The van der Waals surface area contributed by atoms with Crippen LogP contribution in [0.5, 0.6) is 17.4 Å². The maximum absolute atomic E-state index is 9.74. The van der Waals surface area contributed by atoms with Crippen LogP contribution >= 0.6 is 0 Å². The molecule has 3 aromatic carbocycles. The van der Waals surface area contributed by atoms with Crippen molar-refractivity contribution in [3.63, 3.8) is 0 Å². The van der Waals surface area contributed by atoms with Crippen LogP contribution in [0.4, 0.5) is 11.4 Å². The van der Waals surface area contributed by atoms with Gasteiger partial charge in [0.2, 0.25) is 5.88 Å². The van der Waals surface area contributed by atoms with E-state index in [2.05, 4.69) is 21.4 Å². The number of hydrogen-bond acceptors (Lipinski definition) is 7. The minimum Gasteiger partial charge on any atom is -0.493 e. The fraction of sp³-hybridized carbons (Fsp3) is 0.125. The number of rotatable bonds is 7. The topological polar surface area (TPSA) is 89.3 Å². The molecule has 0 spiro atoms. The first-order chi connectivity index (χ1) is 15.2. The van der Waals surface area contributed by atoms with E-state index < -0.39 is 0 Å². The molecule has 0 aliphatic rings. The summed E-state index contributed by atoms with van der Waals surface area (Å²) in [6.07, 6.45) is 1.52. The van der Waals surface area contributed by atoms with Gasteiger partial charge in [-0.1, -0.05) is 30.3 Å². The summed E-state index contributed by atoms with van der Waals surface area (Å²) in [5.74, 6) is 1.57. The summed E-state index contributed by atoms with van der Waals surface area (Å²) in [6, 6.07) is 21.3. The lowest BCUT2D eigenvalue weighted by atomic mass is 10.1. The third kappa shape index (κ3) is 4.33. The second-order valence-corrected chi connectivity index (χ2v) is 6.64. The lowest BCUT2D eigenvalue weighted by molar-refractivity contribution is 0.284. The number of ether oxygens (including phenoxy) is 3. The Morgan fingerprint density at radius 1 is 0.968 bits per heavy atom. The van der Waals surface area contributed by atoms with Crippen LogP contribution in [0.2, 0.25) is 0 Å². The number of nitriles is 1. The summed E-state index contributed by atoms with van der Waals surface area (Å²) in [5, 5.41) is 13.0. The van der Waals surface area contributed by atoms with Crippen molar-refractivity contribution < 1.29 is 14.2 Å². The van der Waals surface area contributed by atoms with Crippen LogP contribution in [0.15, 0.2) is 66.9 Å². The maximum Gasteiger partial charge on any atom is 0.232 e. The van der Waals surface area contributed by atoms with E-state index in [1.807, 2.05) is 48.5 Å². The minimum atomic E-state index is 0.350. The summed E-state index contributed by atoms with van der Waals surface area (Å²) < 4.78 is 16.6. The molecule has 7 heteroatoms. The number of nitrogens with one attached hydrogen (secondary N) is 1. The molecular formula is C24H20N4O3. The van der Waals surface area contributed by atoms with Gasteiger partial charge in [0, 0.05) is 11.8 Å². The fourth-order valence-corrected chi connectivity index (χ4v) is 3.13. The number of hydrogen-bond donors (Lipinski definition) is 1. The molecule has 154 valence electrons. The third-order valence-corrected chi connectivity index (χ3v) is 4.69. The smallest absolute Gasteiger partial charge is 0.232 e. The average Bonchev–Trinajstić information content (AvgIpc) is 2.83. The molecule has 31 heavy (non-hydrogen) atoms. The van der Waals surface area contributed by atoms with Gasteiger partial charge < -0.3 is 19.5 Å². The fourth-order valence-electron chi connectivity index (χ4n) is 3.13. The highest BCUT2D eigenvalue weighted by Gasteiger charge is 2.13. The van der Waals surface area contributed by atoms with Gasteiger partial charge in [0.25, 0.3) is 0 Å². The second-order valence-electron chi connectivity index (χ2n) is 6.64. The lowest BCUT2D eigenvalue weighted by Gasteiger charge is -2.14. The molecule has 1 N–H and O–H groups in total. The summed E-state index contributed by atoms with van der Waals surface area (Å²) in [6.45, 7) is 0.438. The van der Waals surface area contributed by atoms with E-state index in [4.69, 9.17) is 14.2 Å². The summed E-state index contributed by atoms with van der Waals surface area (Å²) in [7, 11) is 3.10. The zero-order valence-corrected chi connectivity index (χ0v) is 17.1. The quantitative estimate of drug-likeness (QED) is 0.464. The predicted molar refractivity (Wildman–Crippen MR) is 118 cm³/mol. The van der Waals surface area contributed by atoms with Gasteiger partial charge in [-0.05, 0) is 29.8 Å². The monoisotopic (exact) mass is 412 g/mol. The highest BCUT2D eigenvalue weighted by molar-refractivity contribution is 5.88. The van der Waals surface area contributed by atoms with Gasteiger partial charge in [-0.3, -0.25) is 0 Å². The van der Waals surface area contributed by atoms with Crippen LogP contribution in [-0.2, 0) is 6.61 Å². The molecule has 0 saturated carbocycles. The van der Waals surface area contributed by atoms with Crippen molar-refractivity contribution in [2.45, 2.75) is 6.61 Å². The van der Waals surface area contributed by atoms with Crippen molar-refractivity contribution >= 4 is 22.4 Å². The highest BCUT2D eigenvalue weighted by Crippen LogP contribution is 2.33. The van der Waals surface area contributed by atoms with Gasteiger partial charge in [-0.15, -0.1) is 0 Å². The molecular weight excluding hydrogens is 392 g/mol. The minimum absolute atomic E-state index is 0.350. The van der Waals surface area contributed by atoms with E-state index in [9.17, 15) is 5.26 Å². The molecule has 0 fully saturated rings. The first-order valence-electron chi connectivity index (χ1n) is 9.57. The Hall–Kier alpha value is -4.31. The van der Waals surface area contributed by atoms with Crippen molar-refractivity contribution in [1.82, 2.24) is 9.97 Å². The van der Waals surface area contributed by atoms with Gasteiger partial charge in [0.05, 0.1) is 31.6 Å². The Morgan fingerprint density at radius 2 is 1.81 bits per heavy atom. The second kappa shape index (κ2) is 9.01. The van der Waals surface area contributed by atoms with Crippen LogP contribution in [0.1, 0.15) is 11.1 Å². The first-order valence-corrected chi connectivity index (χ1v) is 9.57. The van der Waals surface area contributed by atoms with E-state index in [-0.39, 0.29) is 0 Å². The van der Waals surface area contributed by atoms with E-state index >= 15 is 0 Å². The molecule has 0 aliphatic carbocycles. The molecule has 4 rings (SSSR count). The number of methoxy groups -OCH3 is 2. The Labute approximate surface area is 179 Å². The zero-order valence-electron chi connectivity index (χ0n) is 17.1. The first kappa shape index (κ1) is 20.0. The molecule has 7 nitrogen and oxygen atoms in total. The van der Waals surface area contributed by atoms with Gasteiger partial charge in [-0.25, -0.2) is 9.97 Å². The molecule has 0 amide bonds. The number of anilines is 2. The molecule has 0 radical (unpaired) electrons. The van der Waals surface area contributed by atoms with Crippen molar-refractivity contribution in [2.24, 2.45) is 0 Å². The van der Waals surface area contributed by atoms with Crippen molar-refractivity contribution in [2.75, 3.05) is 19.5 Å². The predicted octanol–water partition coefficient (Wildman–Crippen LogP) is 4.84. The third-order valence-electron chi connectivity index (χ3n) is 4.69. The summed E-state index contributed by atoms with van der Waals surface area (Å²) in [5.41, 5.74) is 3.89. The van der Waals surface area contributed by atoms with Crippen LogP contribution in [-0.4, -0.2) is 24.2 Å². The van der Waals surface area contributed by atoms with Crippen LogP contribution in [0, 0.1) is 11.3 Å². The Kier molecular flexibility index (Phi) is 5.81. The van der Waals surface area contributed by atoms with E-state index in [0.717, 1.165) is 11.3 Å². The van der Waals surface area contributed by atoms with Gasteiger partial charge in [0.1, 0.15) is 23.8 Å². The van der Waals surface area contributed by atoms with Gasteiger partial charge in [0.15, 0.2) is 11.5 Å². The Morgan fingerprint density at radius 3 is 2.55 bits per heavy atom. The van der Waals surface area contributed by atoms with Crippen molar-refractivity contribution in [3.8, 4) is 23.4 Å². The Bertz CT molecular complexity index is 1250. The van der Waals surface area contributed by atoms with E-state index in [1.165, 1.54) is 13.3 Å². The summed E-state index contributed by atoms with van der Waals surface area (Å²) >= 11 is 0. The number of fused-ring (bicyclic) bond motifs is 1. The normalized spacial score (nSPS) is 10.4. The highest BCUT2D eigenvalue weighted by atomic mass is 16.5. The molecule has 1 heterocycles. The molecule has 0 aliphatic heterocycles. The number of benzene rings is 3. The number of aromatic nitrogens is 2. The van der Waals surface area contributed by atoms with Crippen LogP contribution < -0.4 is 19.5 Å². The molecule has 0 unspecified atom stereocenters. The summed E-state index contributed by atoms with van der Waals surface area (Å²) in [4.78, 5) is 8.67. The molecule has 0 atom stereocenters. The zero-order chi connectivity index (χ0) is 21.6. The average molecular weight is 412 g/mol. The van der Waals surface area contributed by atoms with Crippen LogP contribution in [0.25, 0.3) is 11.0 Å².